The summed E-state index contributed by atoms with van der Waals surface area (Å²) in [7, 11) is 0. The second-order valence-corrected chi connectivity index (χ2v) is 2.88. The number of hydrogen-bond acceptors (Lipinski definition) is 4. The van der Waals surface area contributed by atoms with Crippen LogP contribution in [0.15, 0.2) is 0 Å². The maximum Gasteiger partial charge on any atom is 0.303 e. The number of carboxylic acid groups (broad SMARTS) is 2. The minimum Gasteiger partial charge on any atom is -0.481 e. The molecule has 90 valence electrons. The minimum atomic E-state index is -1.12. The molecule has 0 saturated carbocycles. The lowest BCUT2D eigenvalue weighted by Crippen LogP contribution is -2.41. The second-order valence-electron chi connectivity index (χ2n) is 2.88. The van der Waals surface area contributed by atoms with Crippen molar-refractivity contribution in [3.05, 3.63) is 0 Å². The van der Waals surface area contributed by atoms with Gasteiger partial charge in [0.2, 0.25) is 11.8 Å². The maximum atomic E-state index is 10.9. The van der Waals surface area contributed by atoms with Crippen LogP contribution in [0.5, 0.6) is 0 Å². The highest BCUT2D eigenvalue weighted by atomic mass is 16.4. The monoisotopic (exact) mass is 232 g/mol. The Morgan fingerprint density at radius 1 is 0.688 bits per heavy atom. The lowest BCUT2D eigenvalue weighted by Gasteiger charge is -2.05. The number of hydrazine groups is 1. The lowest BCUT2D eigenvalue weighted by molar-refractivity contribution is -0.140. The van der Waals surface area contributed by atoms with Crippen LogP contribution in [0.25, 0.3) is 0 Å². The third-order valence-corrected chi connectivity index (χ3v) is 1.47. The van der Waals surface area contributed by atoms with Crippen molar-refractivity contribution in [3.63, 3.8) is 0 Å². The first-order valence-electron chi connectivity index (χ1n) is 4.43. The standard InChI is InChI=1S/C8H12N2O6/c11-5(1-3-7(13)14)9-10-6(12)2-4-8(15)16/h1-4H2,(H,9,11)(H,10,12)(H,13,14)(H,15,16). The molecule has 16 heavy (non-hydrogen) atoms. The number of amides is 2. The van der Waals surface area contributed by atoms with E-state index in [-0.39, 0.29) is 25.7 Å². The first kappa shape index (κ1) is 13.9. The number of nitrogens with one attached hydrogen (secondary N) is 2. The molecule has 0 rings (SSSR count). The fraction of sp³-hybridized carbons (Fsp3) is 0.500. The van der Waals surface area contributed by atoms with Gasteiger partial charge in [0.05, 0.1) is 12.8 Å². The Bertz CT molecular complexity index is 271. The second kappa shape index (κ2) is 7.21. The van der Waals surface area contributed by atoms with Gasteiger partial charge in [-0.05, 0) is 0 Å². The molecule has 0 aromatic rings. The molecule has 0 atom stereocenters. The highest BCUT2D eigenvalue weighted by Crippen LogP contribution is 1.89. The van der Waals surface area contributed by atoms with Crippen LogP contribution in [0.1, 0.15) is 25.7 Å². The van der Waals surface area contributed by atoms with Gasteiger partial charge in [0.1, 0.15) is 0 Å². The van der Waals surface area contributed by atoms with Crippen LogP contribution < -0.4 is 10.9 Å². The van der Waals surface area contributed by atoms with Gasteiger partial charge in [-0.25, -0.2) is 0 Å². The van der Waals surface area contributed by atoms with Gasteiger partial charge >= 0.3 is 11.9 Å². The summed E-state index contributed by atoms with van der Waals surface area (Å²) in [4.78, 5) is 41.9. The van der Waals surface area contributed by atoms with E-state index < -0.39 is 23.8 Å². The normalized spacial score (nSPS) is 9.25. The molecule has 8 heteroatoms. The van der Waals surface area contributed by atoms with Gasteiger partial charge in [0.15, 0.2) is 0 Å². The highest BCUT2D eigenvalue weighted by molar-refractivity contribution is 5.85. The molecule has 2 amide bonds. The molecule has 0 fully saturated rings. The van der Waals surface area contributed by atoms with Crippen LogP contribution in [0.3, 0.4) is 0 Å². The van der Waals surface area contributed by atoms with E-state index in [0.717, 1.165) is 0 Å². The third kappa shape index (κ3) is 8.48. The molecular weight excluding hydrogens is 220 g/mol. The zero-order chi connectivity index (χ0) is 12.6. The van der Waals surface area contributed by atoms with E-state index in [4.69, 9.17) is 10.2 Å². The molecule has 0 radical (unpaired) electrons. The van der Waals surface area contributed by atoms with Crippen LogP contribution in [0, 0.1) is 0 Å². The van der Waals surface area contributed by atoms with E-state index >= 15 is 0 Å². The van der Waals surface area contributed by atoms with Gasteiger partial charge < -0.3 is 10.2 Å². The third-order valence-electron chi connectivity index (χ3n) is 1.47. The lowest BCUT2D eigenvalue weighted by atomic mass is 10.3. The fourth-order valence-corrected chi connectivity index (χ4v) is 0.705. The first-order valence-corrected chi connectivity index (χ1v) is 4.43. The van der Waals surface area contributed by atoms with E-state index in [1.807, 2.05) is 10.9 Å². The van der Waals surface area contributed by atoms with Crippen molar-refractivity contribution in [1.29, 1.82) is 0 Å². The number of carbonyl (C=O) groups excluding carboxylic acids is 2. The van der Waals surface area contributed by atoms with Gasteiger partial charge in [-0.2, -0.15) is 0 Å². The van der Waals surface area contributed by atoms with Crippen molar-refractivity contribution in [2.75, 3.05) is 0 Å². The first-order chi connectivity index (χ1) is 7.41. The molecule has 0 heterocycles. The Labute approximate surface area is 90.6 Å². The van der Waals surface area contributed by atoms with Gasteiger partial charge in [-0.3, -0.25) is 30.0 Å². The average Bonchev–Trinajstić information content (AvgIpc) is 2.20. The van der Waals surface area contributed by atoms with E-state index in [2.05, 4.69) is 0 Å². The molecule has 0 unspecified atom stereocenters. The minimum absolute atomic E-state index is 0.255. The highest BCUT2D eigenvalue weighted by Gasteiger charge is 2.08. The maximum absolute atomic E-state index is 10.9. The van der Waals surface area contributed by atoms with Gasteiger partial charge in [0, 0.05) is 12.8 Å². The van der Waals surface area contributed by atoms with Gasteiger partial charge in [-0.15, -0.1) is 0 Å². The summed E-state index contributed by atoms with van der Waals surface area (Å²) >= 11 is 0. The summed E-state index contributed by atoms with van der Waals surface area (Å²) in [6.45, 7) is 0. The molecule has 0 aliphatic heterocycles. The van der Waals surface area contributed by atoms with Gasteiger partial charge in [-0.1, -0.05) is 0 Å². The molecule has 0 aromatic carbocycles. The Hall–Kier alpha value is -2.12. The van der Waals surface area contributed by atoms with E-state index in [1.165, 1.54) is 0 Å². The predicted molar refractivity (Wildman–Crippen MR) is 50.0 cm³/mol. The molecule has 4 N–H and O–H groups in total. The largest absolute Gasteiger partial charge is 0.481 e. The van der Waals surface area contributed by atoms with Crippen molar-refractivity contribution < 1.29 is 29.4 Å². The molecule has 0 aromatic heterocycles. The van der Waals surface area contributed by atoms with Crippen LogP contribution in [-0.2, 0) is 19.2 Å². The Morgan fingerprint density at radius 2 is 1.00 bits per heavy atom. The van der Waals surface area contributed by atoms with Crippen molar-refractivity contribution in [2.24, 2.45) is 0 Å². The number of aliphatic carboxylic acids is 2. The average molecular weight is 232 g/mol. The Morgan fingerprint density at radius 3 is 1.25 bits per heavy atom. The van der Waals surface area contributed by atoms with Crippen LogP contribution >= 0.6 is 0 Å². The van der Waals surface area contributed by atoms with Crippen LogP contribution in [0.2, 0.25) is 0 Å². The number of carboxylic acids is 2. The Balaban J connectivity index is 3.63. The number of rotatable bonds is 6. The summed E-state index contributed by atoms with van der Waals surface area (Å²) < 4.78 is 0. The van der Waals surface area contributed by atoms with Gasteiger partial charge in [0.25, 0.3) is 0 Å². The molecule has 8 nitrogen and oxygen atoms in total. The van der Waals surface area contributed by atoms with E-state index in [0.29, 0.717) is 0 Å². The summed E-state index contributed by atoms with van der Waals surface area (Å²) in [5.41, 5.74) is 3.93. The fourth-order valence-electron chi connectivity index (χ4n) is 0.705. The van der Waals surface area contributed by atoms with Crippen LogP contribution in [0.4, 0.5) is 0 Å². The molecular formula is C8H12N2O6. The zero-order valence-electron chi connectivity index (χ0n) is 8.36. The SMILES string of the molecule is O=C(O)CCC(=O)NNC(=O)CCC(=O)O. The summed E-state index contributed by atoms with van der Waals surface area (Å²) in [6, 6.07) is 0. The number of hydrogen-bond donors (Lipinski definition) is 4. The number of carbonyl (C=O) groups is 4. The molecule has 0 aliphatic rings. The molecule has 0 spiro atoms. The van der Waals surface area contributed by atoms with E-state index in [1.54, 1.807) is 0 Å². The quantitative estimate of drug-likeness (QED) is 0.428. The summed E-state index contributed by atoms with van der Waals surface area (Å²) in [5.74, 6) is -3.53. The van der Waals surface area contributed by atoms with E-state index in [9.17, 15) is 19.2 Å². The molecule has 0 aliphatic carbocycles. The van der Waals surface area contributed by atoms with Crippen molar-refractivity contribution in [1.82, 2.24) is 10.9 Å². The smallest absolute Gasteiger partial charge is 0.303 e. The zero-order valence-corrected chi connectivity index (χ0v) is 8.36. The van der Waals surface area contributed by atoms with Crippen LogP contribution in [-0.4, -0.2) is 34.0 Å². The van der Waals surface area contributed by atoms with Crippen molar-refractivity contribution in [3.8, 4) is 0 Å². The predicted octanol–water partition coefficient (Wildman–Crippen LogP) is -1.14. The molecule has 0 bridgehead atoms. The van der Waals surface area contributed by atoms with Crippen molar-refractivity contribution >= 4 is 23.8 Å². The van der Waals surface area contributed by atoms with Crippen molar-refractivity contribution in [2.45, 2.75) is 25.7 Å². The summed E-state index contributed by atoms with van der Waals surface area (Å²) in [5, 5.41) is 16.5. The Kier molecular flexibility index (Phi) is 6.25. The topological polar surface area (TPSA) is 133 Å². The molecule has 0 saturated heterocycles. The summed E-state index contributed by atoms with van der Waals surface area (Å²) in [6.07, 6.45) is -1.18.